The molecular weight excluding hydrogens is 252 g/mol. The Bertz CT molecular complexity index is 433. The highest BCUT2D eigenvalue weighted by atomic mass is 16.6. The second kappa shape index (κ2) is 7.17. The van der Waals surface area contributed by atoms with E-state index in [1.165, 1.54) is 4.68 Å². The van der Waals surface area contributed by atoms with Crippen LogP contribution in [0.1, 0.15) is 17.8 Å². The first-order valence-corrected chi connectivity index (χ1v) is 6.15. The van der Waals surface area contributed by atoms with E-state index in [1.54, 1.807) is 13.8 Å². The van der Waals surface area contributed by atoms with Crippen LogP contribution in [0.5, 0.6) is 0 Å². The molecule has 8 nitrogen and oxygen atoms in total. The molecule has 0 aliphatic heterocycles. The van der Waals surface area contributed by atoms with Crippen molar-refractivity contribution in [1.82, 2.24) is 15.1 Å². The Morgan fingerprint density at radius 1 is 1.53 bits per heavy atom. The fraction of sp³-hybridized carbons (Fsp3) is 0.727. The Balaban J connectivity index is 2.57. The quantitative estimate of drug-likeness (QED) is 0.341. The second-order valence-corrected chi connectivity index (χ2v) is 4.39. The van der Waals surface area contributed by atoms with E-state index in [0.29, 0.717) is 30.9 Å². The SMILES string of the molecule is Cc1nn(CC(O)CNCCCO)c(C)c1[N+](=O)[O-]. The molecule has 0 radical (unpaired) electrons. The lowest BCUT2D eigenvalue weighted by atomic mass is 10.3. The summed E-state index contributed by atoms with van der Waals surface area (Å²) >= 11 is 0. The molecule has 0 bridgehead atoms. The molecule has 1 rings (SSSR count). The fourth-order valence-electron chi connectivity index (χ4n) is 1.87. The minimum atomic E-state index is -0.684. The highest BCUT2D eigenvalue weighted by Gasteiger charge is 2.22. The Morgan fingerprint density at radius 2 is 2.21 bits per heavy atom. The lowest BCUT2D eigenvalue weighted by Crippen LogP contribution is -2.31. The summed E-state index contributed by atoms with van der Waals surface area (Å²) < 4.78 is 1.45. The number of nitrogens with zero attached hydrogens (tertiary/aromatic N) is 3. The summed E-state index contributed by atoms with van der Waals surface area (Å²) in [4.78, 5) is 10.4. The third-order valence-corrected chi connectivity index (χ3v) is 2.80. The molecule has 1 heterocycles. The van der Waals surface area contributed by atoms with Crippen LogP contribution < -0.4 is 5.32 Å². The number of hydrogen-bond acceptors (Lipinski definition) is 6. The molecule has 0 spiro atoms. The van der Waals surface area contributed by atoms with Crippen LogP contribution >= 0.6 is 0 Å². The normalized spacial score (nSPS) is 12.6. The molecule has 1 atom stereocenters. The molecule has 0 aromatic carbocycles. The smallest absolute Gasteiger partial charge is 0.312 e. The van der Waals surface area contributed by atoms with Crippen LogP contribution in [0.3, 0.4) is 0 Å². The van der Waals surface area contributed by atoms with Crippen molar-refractivity contribution in [2.75, 3.05) is 19.7 Å². The van der Waals surface area contributed by atoms with Crippen molar-refractivity contribution in [2.24, 2.45) is 0 Å². The topological polar surface area (TPSA) is 113 Å². The van der Waals surface area contributed by atoms with Gasteiger partial charge in [-0.15, -0.1) is 0 Å². The van der Waals surface area contributed by atoms with Crippen molar-refractivity contribution < 1.29 is 15.1 Å². The first kappa shape index (κ1) is 15.5. The predicted octanol–water partition coefficient (Wildman–Crippen LogP) is -0.259. The molecule has 0 amide bonds. The molecule has 0 aliphatic carbocycles. The van der Waals surface area contributed by atoms with E-state index in [1.807, 2.05) is 0 Å². The van der Waals surface area contributed by atoms with Gasteiger partial charge in [-0.2, -0.15) is 5.10 Å². The highest BCUT2D eigenvalue weighted by Crippen LogP contribution is 2.21. The largest absolute Gasteiger partial charge is 0.396 e. The van der Waals surface area contributed by atoms with E-state index in [4.69, 9.17) is 5.11 Å². The number of aliphatic hydroxyl groups is 2. The van der Waals surface area contributed by atoms with Crippen LogP contribution in [0.25, 0.3) is 0 Å². The lowest BCUT2D eigenvalue weighted by molar-refractivity contribution is -0.386. The Labute approximate surface area is 111 Å². The van der Waals surface area contributed by atoms with Gasteiger partial charge in [0.2, 0.25) is 0 Å². The molecule has 1 aromatic heterocycles. The summed E-state index contributed by atoms with van der Waals surface area (Å²) in [7, 11) is 0. The van der Waals surface area contributed by atoms with Gasteiger partial charge in [-0.25, -0.2) is 0 Å². The second-order valence-electron chi connectivity index (χ2n) is 4.39. The van der Waals surface area contributed by atoms with Gasteiger partial charge in [0, 0.05) is 13.2 Å². The summed E-state index contributed by atoms with van der Waals surface area (Å²) in [5, 5.41) is 36.3. The van der Waals surface area contributed by atoms with Crippen LogP contribution in [0.15, 0.2) is 0 Å². The van der Waals surface area contributed by atoms with Gasteiger partial charge in [-0.1, -0.05) is 0 Å². The maximum Gasteiger partial charge on any atom is 0.312 e. The molecule has 0 saturated heterocycles. The molecule has 19 heavy (non-hydrogen) atoms. The predicted molar refractivity (Wildman–Crippen MR) is 68.9 cm³/mol. The Kier molecular flexibility index (Phi) is 5.87. The summed E-state index contributed by atoms with van der Waals surface area (Å²) in [6.07, 6.45) is -0.0609. The standard InChI is InChI=1S/C11H20N4O4/c1-8-11(15(18)19)9(2)14(13-8)7-10(17)6-12-4-3-5-16/h10,12,16-17H,3-7H2,1-2H3. The van der Waals surface area contributed by atoms with Gasteiger partial charge in [0.05, 0.1) is 17.6 Å². The number of nitro groups is 1. The Morgan fingerprint density at radius 3 is 2.74 bits per heavy atom. The summed E-state index contributed by atoms with van der Waals surface area (Å²) in [5.74, 6) is 0. The van der Waals surface area contributed by atoms with Crippen LogP contribution in [0.2, 0.25) is 0 Å². The third-order valence-electron chi connectivity index (χ3n) is 2.80. The molecule has 8 heteroatoms. The number of hydrogen-bond donors (Lipinski definition) is 3. The Hall–Kier alpha value is -1.51. The molecule has 0 aliphatic rings. The third kappa shape index (κ3) is 4.27. The summed E-state index contributed by atoms with van der Waals surface area (Å²) in [6, 6.07) is 0. The number of aryl methyl sites for hydroxylation is 1. The molecule has 108 valence electrons. The van der Waals surface area contributed by atoms with Crippen molar-refractivity contribution >= 4 is 5.69 Å². The van der Waals surface area contributed by atoms with Gasteiger partial charge < -0.3 is 15.5 Å². The van der Waals surface area contributed by atoms with E-state index in [2.05, 4.69) is 10.4 Å². The van der Waals surface area contributed by atoms with Gasteiger partial charge in [0.1, 0.15) is 11.4 Å². The molecule has 1 aromatic rings. The number of aliphatic hydroxyl groups excluding tert-OH is 2. The van der Waals surface area contributed by atoms with Gasteiger partial charge in [0.15, 0.2) is 0 Å². The molecule has 0 fully saturated rings. The van der Waals surface area contributed by atoms with Crippen molar-refractivity contribution in [3.8, 4) is 0 Å². The van der Waals surface area contributed by atoms with Crippen LogP contribution in [0, 0.1) is 24.0 Å². The zero-order chi connectivity index (χ0) is 14.4. The van der Waals surface area contributed by atoms with Crippen LogP contribution in [-0.4, -0.2) is 50.7 Å². The van der Waals surface area contributed by atoms with E-state index in [9.17, 15) is 15.2 Å². The number of aromatic nitrogens is 2. The van der Waals surface area contributed by atoms with Crippen molar-refractivity contribution in [3.05, 3.63) is 21.5 Å². The van der Waals surface area contributed by atoms with Crippen molar-refractivity contribution in [1.29, 1.82) is 0 Å². The zero-order valence-corrected chi connectivity index (χ0v) is 11.2. The minimum absolute atomic E-state index is 0.000407. The fourth-order valence-corrected chi connectivity index (χ4v) is 1.87. The number of nitrogens with one attached hydrogen (secondary N) is 1. The lowest BCUT2D eigenvalue weighted by Gasteiger charge is -2.12. The summed E-state index contributed by atoms with van der Waals surface area (Å²) in [5.41, 5.74) is 0.792. The van der Waals surface area contributed by atoms with E-state index in [-0.39, 0.29) is 18.8 Å². The average Bonchev–Trinajstić information content (AvgIpc) is 2.60. The van der Waals surface area contributed by atoms with E-state index >= 15 is 0 Å². The first-order chi connectivity index (χ1) is 8.97. The van der Waals surface area contributed by atoms with Gasteiger partial charge >= 0.3 is 5.69 Å². The maximum atomic E-state index is 10.8. The monoisotopic (exact) mass is 272 g/mol. The van der Waals surface area contributed by atoms with Crippen LogP contribution in [-0.2, 0) is 6.54 Å². The van der Waals surface area contributed by atoms with Gasteiger partial charge in [0.25, 0.3) is 0 Å². The maximum absolute atomic E-state index is 10.8. The number of rotatable bonds is 8. The average molecular weight is 272 g/mol. The molecule has 0 saturated carbocycles. The van der Waals surface area contributed by atoms with E-state index in [0.717, 1.165) is 0 Å². The molecular formula is C11H20N4O4. The summed E-state index contributed by atoms with van der Waals surface area (Å²) in [6.45, 7) is 4.47. The molecule has 1 unspecified atom stereocenters. The first-order valence-electron chi connectivity index (χ1n) is 6.15. The minimum Gasteiger partial charge on any atom is -0.396 e. The van der Waals surface area contributed by atoms with Crippen LogP contribution in [0.4, 0.5) is 5.69 Å². The van der Waals surface area contributed by atoms with Crippen molar-refractivity contribution in [2.45, 2.75) is 32.9 Å². The molecule has 3 N–H and O–H groups in total. The van der Waals surface area contributed by atoms with Crippen molar-refractivity contribution in [3.63, 3.8) is 0 Å². The highest BCUT2D eigenvalue weighted by molar-refractivity contribution is 5.39. The van der Waals surface area contributed by atoms with E-state index < -0.39 is 11.0 Å². The van der Waals surface area contributed by atoms with Gasteiger partial charge in [-0.3, -0.25) is 14.8 Å². The zero-order valence-electron chi connectivity index (χ0n) is 11.2. The van der Waals surface area contributed by atoms with Gasteiger partial charge in [-0.05, 0) is 26.8 Å².